The topological polar surface area (TPSA) is 24.7 Å². The maximum atomic E-state index is 4.99. The van der Waals surface area contributed by atoms with Crippen LogP contribution in [0.2, 0.25) is 0 Å². The van der Waals surface area contributed by atoms with Gasteiger partial charge in [0.15, 0.2) is 0 Å². The second-order valence-electron chi connectivity index (χ2n) is 6.66. The molecular weight excluding hydrogens is 316 g/mol. The predicted octanol–water partition coefficient (Wildman–Crippen LogP) is 6.82. The first kappa shape index (κ1) is 20.1. The molecule has 0 saturated heterocycles. The fourth-order valence-electron chi connectivity index (χ4n) is 3.21. The summed E-state index contributed by atoms with van der Waals surface area (Å²) in [5.74, 6) is 0. The molecule has 0 unspecified atom stereocenters. The van der Waals surface area contributed by atoms with Crippen molar-refractivity contribution < 1.29 is 0 Å². The molecule has 0 aromatic heterocycles. The van der Waals surface area contributed by atoms with Crippen molar-refractivity contribution in [1.29, 1.82) is 0 Å². The fourth-order valence-corrected chi connectivity index (χ4v) is 3.21. The van der Waals surface area contributed by atoms with Crippen molar-refractivity contribution in [1.82, 2.24) is 0 Å². The van der Waals surface area contributed by atoms with Crippen molar-refractivity contribution in [3.05, 3.63) is 58.7 Å². The molecule has 2 aromatic rings. The van der Waals surface area contributed by atoms with Gasteiger partial charge in [-0.15, -0.1) is 0 Å². The lowest BCUT2D eigenvalue weighted by Crippen LogP contribution is -2.06. The smallest absolute Gasteiger partial charge is 0.0697 e. The Morgan fingerprint density at radius 3 is 1.08 bits per heavy atom. The first-order chi connectivity index (χ1) is 12.5. The number of para-hydroxylation sites is 2. The summed E-state index contributed by atoms with van der Waals surface area (Å²) in [6.07, 6.45) is 3.98. The number of hydrogen-bond donors (Lipinski definition) is 0. The molecule has 0 radical (unpaired) electrons. The van der Waals surface area contributed by atoms with Crippen LogP contribution in [0.15, 0.2) is 46.4 Å². The summed E-state index contributed by atoms with van der Waals surface area (Å²) in [7, 11) is 0. The zero-order chi connectivity index (χ0) is 19.1. The van der Waals surface area contributed by atoms with Crippen molar-refractivity contribution in [3.63, 3.8) is 0 Å². The van der Waals surface area contributed by atoms with Crippen LogP contribution in [0.4, 0.5) is 11.4 Å². The highest BCUT2D eigenvalue weighted by Crippen LogP contribution is 2.28. The van der Waals surface area contributed by atoms with E-state index in [0.717, 1.165) is 48.5 Å². The Morgan fingerprint density at radius 2 is 0.846 bits per heavy atom. The molecule has 0 bridgehead atoms. The Morgan fingerprint density at radius 1 is 0.577 bits per heavy atom. The molecule has 2 heteroatoms. The van der Waals surface area contributed by atoms with Crippen LogP contribution in [0.1, 0.15) is 63.8 Å². The minimum atomic E-state index is 0.994. The van der Waals surface area contributed by atoms with Crippen molar-refractivity contribution in [3.8, 4) is 0 Å². The average molecular weight is 349 g/mol. The van der Waals surface area contributed by atoms with E-state index in [1.54, 1.807) is 0 Å². The number of nitrogens with zero attached hydrogens (tertiary/aromatic N) is 2. The largest absolute Gasteiger partial charge is 0.251 e. The molecule has 2 aromatic carbocycles. The lowest BCUT2D eigenvalue weighted by atomic mass is 10.0. The van der Waals surface area contributed by atoms with Gasteiger partial charge in [0.2, 0.25) is 0 Å². The molecule has 0 heterocycles. The second-order valence-corrected chi connectivity index (χ2v) is 6.66. The number of aliphatic imine (C=N–C) groups is 2. The summed E-state index contributed by atoms with van der Waals surface area (Å²) in [6, 6.07) is 13.0. The first-order valence-corrected chi connectivity index (χ1v) is 9.88. The van der Waals surface area contributed by atoms with Crippen LogP contribution in [0.3, 0.4) is 0 Å². The van der Waals surface area contributed by atoms with E-state index in [2.05, 4.69) is 77.9 Å². The van der Waals surface area contributed by atoms with Gasteiger partial charge in [-0.05, 0) is 61.8 Å². The molecular formula is C24H32N2. The minimum Gasteiger partial charge on any atom is -0.251 e. The van der Waals surface area contributed by atoms with Gasteiger partial charge in [-0.2, -0.15) is 0 Å². The van der Waals surface area contributed by atoms with E-state index in [1.165, 1.54) is 22.3 Å². The van der Waals surface area contributed by atoms with Gasteiger partial charge < -0.3 is 0 Å². The average Bonchev–Trinajstić information content (AvgIpc) is 2.67. The van der Waals surface area contributed by atoms with Gasteiger partial charge >= 0.3 is 0 Å². The molecule has 0 saturated carbocycles. The third kappa shape index (κ3) is 4.49. The van der Waals surface area contributed by atoms with Gasteiger partial charge in [0.05, 0.1) is 22.8 Å². The fraction of sp³-hybridized carbons (Fsp3) is 0.417. The molecule has 2 rings (SSSR count). The predicted molar refractivity (Wildman–Crippen MR) is 116 cm³/mol. The lowest BCUT2D eigenvalue weighted by molar-refractivity contribution is 1.08. The van der Waals surface area contributed by atoms with E-state index in [-0.39, 0.29) is 0 Å². The Hall–Kier alpha value is -2.22. The van der Waals surface area contributed by atoms with Crippen molar-refractivity contribution in [2.45, 2.75) is 67.2 Å². The third-order valence-corrected chi connectivity index (χ3v) is 5.01. The van der Waals surface area contributed by atoms with E-state index in [0.29, 0.717) is 0 Å². The first-order valence-electron chi connectivity index (χ1n) is 9.88. The Bertz CT molecular complexity index is 699. The van der Waals surface area contributed by atoms with E-state index in [9.17, 15) is 0 Å². The highest BCUT2D eigenvalue weighted by atomic mass is 14.8. The van der Waals surface area contributed by atoms with E-state index in [1.807, 2.05) is 0 Å². The molecule has 0 spiro atoms. The zero-order valence-corrected chi connectivity index (χ0v) is 17.2. The van der Waals surface area contributed by atoms with Crippen LogP contribution in [0, 0.1) is 0 Å². The Labute approximate surface area is 159 Å². The molecule has 0 aliphatic carbocycles. The van der Waals surface area contributed by atoms with Gasteiger partial charge in [0, 0.05) is 0 Å². The number of hydrogen-bond acceptors (Lipinski definition) is 2. The SMILES string of the molecule is CCc1cccc(CC)c1N=C(C)C(C)=Nc1c(CC)cccc1CC. The molecule has 0 amide bonds. The summed E-state index contributed by atoms with van der Waals surface area (Å²) < 4.78 is 0. The van der Waals surface area contributed by atoms with Crippen LogP contribution in [-0.2, 0) is 25.7 Å². The number of aryl methyl sites for hydroxylation is 4. The van der Waals surface area contributed by atoms with E-state index in [4.69, 9.17) is 9.98 Å². The van der Waals surface area contributed by atoms with Crippen molar-refractivity contribution >= 4 is 22.8 Å². The van der Waals surface area contributed by atoms with Crippen LogP contribution >= 0.6 is 0 Å². The maximum Gasteiger partial charge on any atom is 0.0697 e. The van der Waals surface area contributed by atoms with E-state index < -0.39 is 0 Å². The molecule has 26 heavy (non-hydrogen) atoms. The molecule has 0 fully saturated rings. The summed E-state index contributed by atoms with van der Waals surface area (Å²) in [4.78, 5) is 9.99. The molecule has 2 nitrogen and oxygen atoms in total. The van der Waals surface area contributed by atoms with Gasteiger partial charge in [0.1, 0.15) is 0 Å². The van der Waals surface area contributed by atoms with Gasteiger partial charge in [-0.3, -0.25) is 9.98 Å². The quantitative estimate of drug-likeness (QED) is 0.490. The zero-order valence-electron chi connectivity index (χ0n) is 17.2. The van der Waals surface area contributed by atoms with Crippen LogP contribution in [0.25, 0.3) is 0 Å². The number of rotatable bonds is 7. The molecule has 0 atom stereocenters. The highest BCUT2D eigenvalue weighted by Gasteiger charge is 2.09. The van der Waals surface area contributed by atoms with Crippen LogP contribution < -0.4 is 0 Å². The van der Waals surface area contributed by atoms with Crippen LogP contribution in [0.5, 0.6) is 0 Å². The van der Waals surface area contributed by atoms with Crippen molar-refractivity contribution in [2.24, 2.45) is 9.98 Å². The lowest BCUT2D eigenvalue weighted by Gasteiger charge is -2.12. The second kappa shape index (κ2) is 9.47. The summed E-state index contributed by atoms with van der Waals surface area (Å²) in [6.45, 7) is 12.9. The third-order valence-electron chi connectivity index (χ3n) is 5.01. The van der Waals surface area contributed by atoms with Crippen LogP contribution in [-0.4, -0.2) is 11.4 Å². The standard InChI is InChI=1S/C24H32N2/c1-7-19-13-11-14-20(8-2)23(19)25-17(5)18(6)26-24-21(9-3)15-12-16-22(24)10-4/h11-16H,7-10H2,1-6H3. The molecule has 0 N–H and O–H groups in total. The maximum absolute atomic E-state index is 4.99. The molecule has 0 aliphatic heterocycles. The minimum absolute atomic E-state index is 0.994. The monoisotopic (exact) mass is 348 g/mol. The molecule has 0 aliphatic rings. The summed E-state index contributed by atoms with van der Waals surface area (Å²) in [5, 5.41) is 0. The van der Waals surface area contributed by atoms with E-state index >= 15 is 0 Å². The molecule has 138 valence electrons. The normalized spacial score (nSPS) is 12.5. The van der Waals surface area contributed by atoms with Gasteiger partial charge in [0.25, 0.3) is 0 Å². The highest BCUT2D eigenvalue weighted by molar-refractivity contribution is 6.41. The Kier molecular flexibility index (Phi) is 7.32. The Balaban J connectivity index is 2.50. The summed E-state index contributed by atoms with van der Waals surface area (Å²) >= 11 is 0. The summed E-state index contributed by atoms with van der Waals surface area (Å²) in [5.41, 5.74) is 9.47. The van der Waals surface area contributed by atoms with Gasteiger partial charge in [-0.1, -0.05) is 64.1 Å². The number of benzene rings is 2. The van der Waals surface area contributed by atoms with Crippen molar-refractivity contribution in [2.75, 3.05) is 0 Å². The van der Waals surface area contributed by atoms with Gasteiger partial charge in [-0.25, -0.2) is 0 Å².